The smallest absolute Gasteiger partial charge is 0.196 e. The Labute approximate surface area is 89.6 Å². The van der Waals surface area contributed by atoms with E-state index in [1.165, 1.54) is 0 Å². The monoisotopic (exact) mass is 202 g/mol. The van der Waals surface area contributed by atoms with Gasteiger partial charge in [-0.05, 0) is 0 Å². The first-order chi connectivity index (χ1) is 7.04. The molecule has 0 bridgehead atoms. The van der Waals surface area contributed by atoms with Gasteiger partial charge in [-0.2, -0.15) is 0 Å². The van der Waals surface area contributed by atoms with Crippen molar-refractivity contribution in [2.45, 2.75) is 13.8 Å². The molecule has 2 heteroatoms. The normalized spacial score (nSPS) is 10.1. The van der Waals surface area contributed by atoms with Crippen molar-refractivity contribution < 1.29 is 9.59 Å². The number of Topliss-reactive ketones (excluding diaryl/α,β-unsaturated/α-hetero) is 2. The largest absolute Gasteiger partial charge is 0.294 e. The van der Waals surface area contributed by atoms with Gasteiger partial charge in [0.1, 0.15) is 0 Å². The van der Waals surface area contributed by atoms with Crippen LogP contribution in [0.2, 0.25) is 0 Å². The van der Waals surface area contributed by atoms with Gasteiger partial charge in [0.2, 0.25) is 0 Å². The fraction of sp³-hybridized carbons (Fsp3) is 0.231. The fourth-order valence-electron chi connectivity index (χ4n) is 1.22. The van der Waals surface area contributed by atoms with E-state index in [9.17, 15) is 9.59 Å². The van der Waals surface area contributed by atoms with Gasteiger partial charge in [0, 0.05) is 11.5 Å². The van der Waals surface area contributed by atoms with Crippen LogP contribution in [0, 0.1) is 5.92 Å². The summed E-state index contributed by atoms with van der Waals surface area (Å²) in [6, 6.07) is 8.72. The molecule has 1 rings (SSSR count). The van der Waals surface area contributed by atoms with E-state index >= 15 is 0 Å². The van der Waals surface area contributed by atoms with Crippen molar-refractivity contribution in [2.24, 2.45) is 5.92 Å². The summed E-state index contributed by atoms with van der Waals surface area (Å²) in [5.74, 6) is -0.664. The molecule has 0 aliphatic carbocycles. The Morgan fingerprint density at radius 3 is 2.13 bits per heavy atom. The molecule has 0 saturated carbocycles. The minimum atomic E-state index is -0.283. The number of benzene rings is 1. The molecule has 1 aromatic rings. The van der Waals surface area contributed by atoms with Gasteiger partial charge < -0.3 is 0 Å². The summed E-state index contributed by atoms with van der Waals surface area (Å²) in [6.07, 6.45) is 0. The van der Waals surface area contributed by atoms with Crippen molar-refractivity contribution in [1.29, 1.82) is 0 Å². The van der Waals surface area contributed by atoms with Crippen LogP contribution in [0.3, 0.4) is 0 Å². The molecule has 2 nitrogen and oxygen atoms in total. The second kappa shape index (κ2) is 4.69. The first kappa shape index (κ1) is 11.4. The lowest BCUT2D eigenvalue weighted by molar-refractivity contribution is -0.117. The molecule has 0 radical (unpaired) electrons. The molecule has 0 unspecified atom stereocenters. The van der Waals surface area contributed by atoms with E-state index in [2.05, 4.69) is 6.58 Å². The minimum absolute atomic E-state index is 0.0659. The standard InChI is InChI=1S/C13H14O2/c1-9(2)12(14)10(3)13(15)11-7-5-4-6-8-11/h4-9H,3H2,1-2H3. The van der Waals surface area contributed by atoms with E-state index in [0.29, 0.717) is 5.56 Å². The molecular formula is C13H14O2. The predicted octanol–water partition coefficient (Wildman–Crippen LogP) is 2.65. The van der Waals surface area contributed by atoms with E-state index < -0.39 is 0 Å². The van der Waals surface area contributed by atoms with Crippen molar-refractivity contribution in [2.75, 3.05) is 0 Å². The molecule has 0 saturated heterocycles. The van der Waals surface area contributed by atoms with Crippen LogP contribution < -0.4 is 0 Å². The Balaban J connectivity index is 2.88. The van der Waals surface area contributed by atoms with Gasteiger partial charge in [0.15, 0.2) is 11.6 Å². The van der Waals surface area contributed by atoms with Crippen LogP contribution in [0.5, 0.6) is 0 Å². The van der Waals surface area contributed by atoms with Crippen LogP contribution in [-0.4, -0.2) is 11.6 Å². The van der Waals surface area contributed by atoms with Crippen LogP contribution in [0.25, 0.3) is 0 Å². The lowest BCUT2D eigenvalue weighted by Gasteiger charge is -2.06. The molecule has 0 aliphatic heterocycles. The van der Waals surface area contributed by atoms with Crippen LogP contribution in [-0.2, 0) is 4.79 Å². The number of carbonyl (C=O) groups is 2. The molecule has 0 fully saturated rings. The van der Waals surface area contributed by atoms with E-state index in [-0.39, 0.29) is 23.1 Å². The van der Waals surface area contributed by atoms with Gasteiger partial charge in [-0.25, -0.2) is 0 Å². The lowest BCUT2D eigenvalue weighted by atomic mass is 9.95. The quantitative estimate of drug-likeness (QED) is 0.325. The maximum absolute atomic E-state index is 11.8. The summed E-state index contributed by atoms with van der Waals surface area (Å²) < 4.78 is 0. The number of hydrogen-bond donors (Lipinski definition) is 0. The maximum Gasteiger partial charge on any atom is 0.196 e. The third-order valence-corrected chi connectivity index (χ3v) is 2.13. The number of ketones is 2. The molecular weight excluding hydrogens is 188 g/mol. The predicted molar refractivity (Wildman–Crippen MR) is 59.8 cm³/mol. The number of carbonyl (C=O) groups excluding carboxylic acids is 2. The fourth-order valence-corrected chi connectivity index (χ4v) is 1.22. The zero-order chi connectivity index (χ0) is 11.4. The Kier molecular flexibility index (Phi) is 3.56. The SMILES string of the molecule is C=C(C(=O)c1ccccc1)C(=O)C(C)C. The van der Waals surface area contributed by atoms with Crippen LogP contribution in [0.15, 0.2) is 42.5 Å². The molecule has 0 spiro atoms. The zero-order valence-electron chi connectivity index (χ0n) is 8.99. The van der Waals surface area contributed by atoms with E-state index in [0.717, 1.165) is 0 Å². The minimum Gasteiger partial charge on any atom is -0.294 e. The van der Waals surface area contributed by atoms with Gasteiger partial charge in [0.25, 0.3) is 0 Å². The van der Waals surface area contributed by atoms with Gasteiger partial charge in [-0.15, -0.1) is 0 Å². The summed E-state index contributed by atoms with van der Waals surface area (Å²) in [5, 5.41) is 0. The molecule has 15 heavy (non-hydrogen) atoms. The summed E-state index contributed by atoms with van der Waals surface area (Å²) in [5.41, 5.74) is 0.577. The number of hydrogen-bond acceptors (Lipinski definition) is 2. The Bertz CT molecular complexity index is 388. The van der Waals surface area contributed by atoms with Crippen molar-refractivity contribution in [3.05, 3.63) is 48.0 Å². The molecule has 0 aromatic heterocycles. The van der Waals surface area contributed by atoms with Crippen molar-refractivity contribution in [3.8, 4) is 0 Å². The topological polar surface area (TPSA) is 34.1 Å². The van der Waals surface area contributed by atoms with Gasteiger partial charge >= 0.3 is 0 Å². The van der Waals surface area contributed by atoms with E-state index in [1.54, 1.807) is 38.1 Å². The highest BCUT2D eigenvalue weighted by Crippen LogP contribution is 2.11. The molecule has 0 N–H and O–H groups in total. The van der Waals surface area contributed by atoms with Gasteiger partial charge in [0.05, 0.1) is 5.57 Å². The molecule has 0 heterocycles. The molecule has 78 valence electrons. The lowest BCUT2D eigenvalue weighted by Crippen LogP contribution is -2.16. The van der Waals surface area contributed by atoms with Crippen LogP contribution in [0.1, 0.15) is 24.2 Å². The van der Waals surface area contributed by atoms with Crippen LogP contribution in [0.4, 0.5) is 0 Å². The first-order valence-electron chi connectivity index (χ1n) is 4.87. The maximum atomic E-state index is 11.8. The summed E-state index contributed by atoms with van der Waals surface area (Å²) in [4.78, 5) is 23.3. The Morgan fingerprint density at radius 2 is 1.67 bits per heavy atom. The molecule has 0 aliphatic rings. The molecule has 0 amide bonds. The average Bonchev–Trinajstić information content (AvgIpc) is 2.27. The highest BCUT2D eigenvalue weighted by molar-refractivity contribution is 6.26. The van der Waals surface area contributed by atoms with Gasteiger partial charge in [-0.3, -0.25) is 9.59 Å². The highest BCUT2D eigenvalue weighted by Gasteiger charge is 2.19. The third-order valence-electron chi connectivity index (χ3n) is 2.13. The van der Waals surface area contributed by atoms with Gasteiger partial charge in [-0.1, -0.05) is 50.8 Å². The molecule has 1 aromatic carbocycles. The summed E-state index contributed by atoms with van der Waals surface area (Å²) in [6.45, 7) is 7.06. The Hall–Kier alpha value is -1.70. The van der Waals surface area contributed by atoms with E-state index in [1.807, 2.05) is 6.07 Å². The van der Waals surface area contributed by atoms with Crippen molar-refractivity contribution in [1.82, 2.24) is 0 Å². The van der Waals surface area contributed by atoms with Crippen molar-refractivity contribution in [3.63, 3.8) is 0 Å². The first-order valence-corrected chi connectivity index (χ1v) is 4.87. The zero-order valence-corrected chi connectivity index (χ0v) is 8.99. The number of rotatable bonds is 4. The molecule has 0 atom stereocenters. The second-order valence-corrected chi connectivity index (χ2v) is 3.69. The number of allylic oxidation sites excluding steroid dienone is 1. The highest BCUT2D eigenvalue weighted by atomic mass is 16.1. The second-order valence-electron chi connectivity index (χ2n) is 3.69. The summed E-state index contributed by atoms with van der Waals surface area (Å²) in [7, 11) is 0. The third kappa shape index (κ3) is 2.62. The summed E-state index contributed by atoms with van der Waals surface area (Å²) >= 11 is 0. The van der Waals surface area contributed by atoms with Crippen LogP contribution >= 0.6 is 0 Å². The Morgan fingerprint density at radius 1 is 1.13 bits per heavy atom. The van der Waals surface area contributed by atoms with E-state index in [4.69, 9.17) is 0 Å². The average molecular weight is 202 g/mol. The van der Waals surface area contributed by atoms with Crippen molar-refractivity contribution >= 4 is 11.6 Å².